The van der Waals surface area contributed by atoms with E-state index in [9.17, 15) is 8.78 Å². The first-order valence-electron chi connectivity index (χ1n) is 6.20. The van der Waals surface area contributed by atoms with Crippen molar-refractivity contribution in [2.75, 3.05) is 11.9 Å². The molecule has 1 heterocycles. The van der Waals surface area contributed by atoms with Crippen LogP contribution in [-0.2, 0) is 6.42 Å². The Morgan fingerprint density at radius 2 is 1.68 bits per heavy atom. The lowest BCUT2D eigenvalue weighted by Gasteiger charge is -2.08. The molecule has 0 aliphatic rings. The smallest absolute Gasteiger partial charge is 0.161 e. The molecule has 5 heteroatoms. The molecule has 0 bridgehead atoms. The van der Waals surface area contributed by atoms with Crippen LogP contribution < -0.4 is 5.32 Å². The second-order valence-electron chi connectivity index (χ2n) is 4.11. The average Bonchev–Trinajstić information content (AvgIpc) is 2.37. The maximum atomic E-state index is 13.2. The van der Waals surface area contributed by atoms with Crippen LogP contribution in [-0.4, -0.2) is 16.5 Å². The summed E-state index contributed by atoms with van der Waals surface area (Å²) in [5.41, 5.74) is 1.16. The Balaban J connectivity index is 2.50. The molecule has 3 nitrogen and oxygen atoms in total. The summed E-state index contributed by atoms with van der Waals surface area (Å²) in [5.74, 6) is -0.279. The van der Waals surface area contributed by atoms with Gasteiger partial charge in [0.2, 0.25) is 0 Å². The van der Waals surface area contributed by atoms with Crippen molar-refractivity contribution in [1.29, 1.82) is 0 Å². The SMILES string of the molecule is CCNc1cc(CC)nc(-c2cc(F)cc(F)c2)n1. The third-order valence-electron chi connectivity index (χ3n) is 2.62. The first-order valence-corrected chi connectivity index (χ1v) is 6.20. The second-order valence-corrected chi connectivity index (χ2v) is 4.11. The lowest BCUT2D eigenvalue weighted by molar-refractivity contribution is 0.584. The predicted octanol–water partition coefficient (Wildman–Crippen LogP) is 3.42. The molecule has 0 unspecified atom stereocenters. The van der Waals surface area contributed by atoms with Crippen LogP contribution in [0.3, 0.4) is 0 Å². The fraction of sp³-hybridized carbons (Fsp3) is 0.286. The van der Waals surface area contributed by atoms with E-state index in [1.54, 1.807) is 0 Å². The quantitative estimate of drug-likeness (QED) is 0.918. The van der Waals surface area contributed by atoms with Crippen LogP contribution in [0.1, 0.15) is 19.5 Å². The van der Waals surface area contributed by atoms with Crippen molar-refractivity contribution in [3.63, 3.8) is 0 Å². The van der Waals surface area contributed by atoms with Crippen LogP contribution in [0, 0.1) is 11.6 Å². The molecule has 0 fully saturated rings. The molecule has 0 aliphatic heterocycles. The molecule has 0 spiro atoms. The van der Waals surface area contributed by atoms with Crippen LogP contribution in [0.25, 0.3) is 11.4 Å². The third kappa shape index (κ3) is 3.24. The zero-order valence-electron chi connectivity index (χ0n) is 10.9. The van der Waals surface area contributed by atoms with Gasteiger partial charge >= 0.3 is 0 Å². The molecule has 0 aliphatic carbocycles. The zero-order valence-corrected chi connectivity index (χ0v) is 10.9. The Labute approximate surface area is 110 Å². The summed E-state index contributed by atoms with van der Waals surface area (Å²) in [6.07, 6.45) is 0.728. The third-order valence-corrected chi connectivity index (χ3v) is 2.62. The molecule has 0 atom stereocenters. The number of hydrogen-bond acceptors (Lipinski definition) is 3. The number of nitrogens with one attached hydrogen (secondary N) is 1. The van der Waals surface area contributed by atoms with Gasteiger partial charge in [0.15, 0.2) is 5.82 Å². The molecular weight excluding hydrogens is 248 g/mol. The molecule has 0 saturated heterocycles. The number of nitrogens with zero attached hydrogens (tertiary/aromatic N) is 2. The standard InChI is InChI=1S/C14H15F2N3/c1-3-12-8-13(17-4-2)19-14(18-12)9-5-10(15)7-11(16)6-9/h5-8H,3-4H2,1-2H3,(H,17,18,19). The van der Waals surface area contributed by atoms with E-state index in [0.29, 0.717) is 17.2 Å². The highest BCUT2D eigenvalue weighted by Crippen LogP contribution is 2.20. The van der Waals surface area contributed by atoms with Crippen molar-refractivity contribution < 1.29 is 8.78 Å². The minimum Gasteiger partial charge on any atom is -0.370 e. The van der Waals surface area contributed by atoms with Gasteiger partial charge in [0.1, 0.15) is 17.5 Å². The number of rotatable bonds is 4. The van der Waals surface area contributed by atoms with Gasteiger partial charge in [0.05, 0.1) is 0 Å². The van der Waals surface area contributed by atoms with Crippen molar-refractivity contribution in [3.8, 4) is 11.4 Å². The van der Waals surface area contributed by atoms with Crippen LogP contribution in [0.15, 0.2) is 24.3 Å². The Hall–Kier alpha value is -2.04. The average molecular weight is 263 g/mol. The second kappa shape index (κ2) is 5.73. The normalized spacial score (nSPS) is 10.5. The van der Waals surface area contributed by atoms with Gasteiger partial charge in [0, 0.05) is 29.9 Å². The number of aromatic nitrogens is 2. The highest BCUT2D eigenvalue weighted by atomic mass is 19.1. The van der Waals surface area contributed by atoms with Gasteiger partial charge in [-0.2, -0.15) is 0 Å². The van der Waals surface area contributed by atoms with E-state index in [2.05, 4.69) is 15.3 Å². The van der Waals surface area contributed by atoms with E-state index in [-0.39, 0.29) is 0 Å². The Bertz CT molecular complexity index is 565. The molecule has 2 rings (SSSR count). The van der Waals surface area contributed by atoms with E-state index >= 15 is 0 Å². The van der Waals surface area contributed by atoms with Crippen LogP contribution in [0.4, 0.5) is 14.6 Å². The molecule has 19 heavy (non-hydrogen) atoms. The van der Waals surface area contributed by atoms with Crippen molar-refractivity contribution in [3.05, 3.63) is 41.6 Å². The molecule has 100 valence electrons. The fourth-order valence-corrected chi connectivity index (χ4v) is 1.76. The van der Waals surface area contributed by atoms with Gasteiger partial charge in [-0.25, -0.2) is 18.7 Å². The van der Waals surface area contributed by atoms with Gasteiger partial charge in [-0.1, -0.05) is 6.92 Å². The number of halogens is 2. The maximum absolute atomic E-state index is 13.2. The fourth-order valence-electron chi connectivity index (χ4n) is 1.76. The van der Waals surface area contributed by atoms with Crippen molar-refractivity contribution >= 4 is 5.82 Å². The van der Waals surface area contributed by atoms with E-state index in [4.69, 9.17) is 0 Å². The zero-order chi connectivity index (χ0) is 13.8. The van der Waals surface area contributed by atoms with Crippen molar-refractivity contribution in [2.24, 2.45) is 0 Å². The molecule has 1 N–H and O–H groups in total. The van der Waals surface area contributed by atoms with Crippen LogP contribution >= 0.6 is 0 Å². The van der Waals surface area contributed by atoms with Gasteiger partial charge < -0.3 is 5.32 Å². The Kier molecular flexibility index (Phi) is 4.04. The largest absolute Gasteiger partial charge is 0.370 e. The van der Waals surface area contributed by atoms with Crippen molar-refractivity contribution in [2.45, 2.75) is 20.3 Å². The van der Waals surface area contributed by atoms with E-state index in [1.807, 2.05) is 19.9 Å². The number of aryl methyl sites for hydroxylation is 1. The van der Waals surface area contributed by atoms with Gasteiger partial charge in [-0.05, 0) is 25.5 Å². The highest BCUT2D eigenvalue weighted by Gasteiger charge is 2.09. The molecule has 0 radical (unpaired) electrons. The van der Waals surface area contributed by atoms with E-state index in [1.165, 1.54) is 12.1 Å². The first kappa shape index (κ1) is 13.4. The molecule has 0 saturated carbocycles. The summed E-state index contributed by atoms with van der Waals surface area (Å²) in [4.78, 5) is 8.57. The predicted molar refractivity (Wildman–Crippen MR) is 70.9 cm³/mol. The first-order chi connectivity index (χ1) is 9.12. The summed E-state index contributed by atoms with van der Waals surface area (Å²) in [5, 5.41) is 3.08. The van der Waals surface area contributed by atoms with E-state index in [0.717, 1.165) is 24.7 Å². The lowest BCUT2D eigenvalue weighted by Crippen LogP contribution is -2.04. The van der Waals surface area contributed by atoms with Gasteiger partial charge in [-0.3, -0.25) is 0 Å². The summed E-state index contributed by atoms with van der Waals surface area (Å²) in [7, 11) is 0. The minimum absolute atomic E-state index is 0.328. The van der Waals surface area contributed by atoms with Gasteiger partial charge in [-0.15, -0.1) is 0 Å². The van der Waals surface area contributed by atoms with Gasteiger partial charge in [0.25, 0.3) is 0 Å². The number of anilines is 1. The van der Waals surface area contributed by atoms with Crippen LogP contribution in [0.2, 0.25) is 0 Å². The monoisotopic (exact) mass is 263 g/mol. The Morgan fingerprint density at radius 3 is 2.26 bits per heavy atom. The molecular formula is C14H15F2N3. The molecule has 0 amide bonds. The van der Waals surface area contributed by atoms with Crippen molar-refractivity contribution in [1.82, 2.24) is 9.97 Å². The van der Waals surface area contributed by atoms with E-state index < -0.39 is 11.6 Å². The summed E-state index contributed by atoms with van der Waals surface area (Å²) >= 11 is 0. The maximum Gasteiger partial charge on any atom is 0.161 e. The molecule has 1 aromatic carbocycles. The minimum atomic E-state index is -0.634. The topological polar surface area (TPSA) is 37.8 Å². The number of hydrogen-bond donors (Lipinski definition) is 1. The highest BCUT2D eigenvalue weighted by molar-refractivity contribution is 5.57. The lowest BCUT2D eigenvalue weighted by atomic mass is 10.2. The summed E-state index contributed by atoms with van der Waals surface area (Å²) in [6, 6.07) is 5.13. The summed E-state index contributed by atoms with van der Waals surface area (Å²) in [6.45, 7) is 4.64. The van der Waals surface area contributed by atoms with Crippen LogP contribution in [0.5, 0.6) is 0 Å². The molecule has 2 aromatic rings. The Morgan fingerprint density at radius 1 is 1.00 bits per heavy atom. The number of benzene rings is 1. The molecule has 1 aromatic heterocycles. The summed E-state index contributed by atoms with van der Waals surface area (Å²) < 4.78 is 26.5.